The number of H-pyrrole nitrogens is 1. The van der Waals surface area contributed by atoms with Crippen molar-refractivity contribution in [2.24, 2.45) is 0 Å². The molecule has 0 amide bonds. The SMILES string of the molecule is CCCc1c[nH]c2ccc(N)cc12. The predicted molar refractivity (Wildman–Crippen MR) is 56.7 cm³/mol. The van der Waals surface area contributed by atoms with Crippen LogP contribution in [0.5, 0.6) is 0 Å². The fraction of sp³-hybridized carbons (Fsp3) is 0.273. The number of hydrogen-bond donors (Lipinski definition) is 2. The van der Waals surface area contributed by atoms with E-state index >= 15 is 0 Å². The summed E-state index contributed by atoms with van der Waals surface area (Å²) >= 11 is 0. The van der Waals surface area contributed by atoms with E-state index < -0.39 is 0 Å². The smallest absolute Gasteiger partial charge is 0.0458 e. The number of nitrogens with two attached hydrogens (primary N) is 1. The first-order valence-corrected chi connectivity index (χ1v) is 4.66. The molecule has 0 atom stereocenters. The van der Waals surface area contributed by atoms with Crippen LogP contribution in [0.3, 0.4) is 0 Å². The summed E-state index contributed by atoms with van der Waals surface area (Å²) in [5.74, 6) is 0. The maximum absolute atomic E-state index is 5.73. The Labute approximate surface area is 77.8 Å². The van der Waals surface area contributed by atoms with Gasteiger partial charge in [0, 0.05) is 22.8 Å². The Hall–Kier alpha value is -1.44. The first kappa shape index (κ1) is 8.17. The lowest BCUT2D eigenvalue weighted by molar-refractivity contribution is 0.929. The second-order valence-corrected chi connectivity index (χ2v) is 3.37. The van der Waals surface area contributed by atoms with Gasteiger partial charge in [-0.3, -0.25) is 0 Å². The van der Waals surface area contributed by atoms with Crippen LogP contribution in [-0.4, -0.2) is 4.98 Å². The first-order chi connectivity index (χ1) is 6.31. The van der Waals surface area contributed by atoms with E-state index in [1.54, 1.807) is 0 Å². The Balaban J connectivity index is 2.58. The summed E-state index contributed by atoms with van der Waals surface area (Å²) in [6, 6.07) is 6.00. The van der Waals surface area contributed by atoms with Crippen LogP contribution >= 0.6 is 0 Å². The molecule has 3 N–H and O–H groups in total. The molecule has 2 heteroatoms. The zero-order chi connectivity index (χ0) is 9.26. The van der Waals surface area contributed by atoms with E-state index in [4.69, 9.17) is 5.73 Å². The molecule has 0 aliphatic heterocycles. The van der Waals surface area contributed by atoms with Crippen molar-refractivity contribution >= 4 is 16.6 Å². The number of anilines is 1. The van der Waals surface area contributed by atoms with E-state index in [-0.39, 0.29) is 0 Å². The maximum Gasteiger partial charge on any atom is 0.0458 e. The molecule has 2 rings (SSSR count). The summed E-state index contributed by atoms with van der Waals surface area (Å²) in [6.07, 6.45) is 4.36. The van der Waals surface area contributed by atoms with Gasteiger partial charge in [0.25, 0.3) is 0 Å². The number of nitrogens with one attached hydrogen (secondary N) is 1. The lowest BCUT2D eigenvalue weighted by Crippen LogP contribution is -1.84. The van der Waals surface area contributed by atoms with E-state index in [9.17, 15) is 0 Å². The molecule has 0 saturated carbocycles. The van der Waals surface area contributed by atoms with Gasteiger partial charge in [-0.05, 0) is 30.2 Å². The van der Waals surface area contributed by atoms with Gasteiger partial charge in [-0.25, -0.2) is 0 Å². The van der Waals surface area contributed by atoms with E-state index in [1.807, 2.05) is 18.2 Å². The fourth-order valence-corrected chi connectivity index (χ4v) is 1.67. The average Bonchev–Trinajstić information content (AvgIpc) is 2.49. The first-order valence-electron chi connectivity index (χ1n) is 4.66. The van der Waals surface area contributed by atoms with Crippen LogP contribution in [0.4, 0.5) is 5.69 Å². The molecule has 0 aliphatic carbocycles. The Morgan fingerprint density at radius 2 is 2.23 bits per heavy atom. The highest BCUT2D eigenvalue weighted by molar-refractivity contribution is 5.86. The van der Waals surface area contributed by atoms with Crippen LogP contribution in [0.25, 0.3) is 10.9 Å². The zero-order valence-corrected chi connectivity index (χ0v) is 7.80. The molecule has 0 saturated heterocycles. The quantitative estimate of drug-likeness (QED) is 0.675. The van der Waals surface area contributed by atoms with Crippen LogP contribution in [-0.2, 0) is 6.42 Å². The summed E-state index contributed by atoms with van der Waals surface area (Å²) in [5.41, 5.74) is 9.12. The van der Waals surface area contributed by atoms with E-state index in [2.05, 4.69) is 18.1 Å². The number of nitrogen functional groups attached to an aromatic ring is 1. The maximum atomic E-state index is 5.73. The highest BCUT2D eigenvalue weighted by atomic mass is 14.7. The molecule has 1 aromatic carbocycles. The minimum Gasteiger partial charge on any atom is -0.399 e. The molecular formula is C11H14N2. The normalized spacial score (nSPS) is 10.8. The van der Waals surface area contributed by atoms with Crippen molar-refractivity contribution < 1.29 is 0 Å². The van der Waals surface area contributed by atoms with Crippen LogP contribution in [0, 0.1) is 0 Å². The number of aromatic nitrogens is 1. The molecule has 0 aliphatic rings. The summed E-state index contributed by atoms with van der Waals surface area (Å²) in [7, 11) is 0. The van der Waals surface area contributed by atoms with Gasteiger partial charge in [0.05, 0.1) is 0 Å². The van der Waals surface area contributed by atoms with Crippen LogP contribution in [0.2, 0.25) is 0 Å². The Morgan fingerprint density at radius 3 is 3.00 bits per heavy atom. The minimum absolute atomic E-state index is 0.837. The molecular weight excluding hydrogens is 160 g/mol. The highest BCUT2D eigenvalue weighted by Gasteiger charge is 2.01. The minimum atomic E-state index is 0.837. The van der Waals surface area contributed by atoms with Gasteiger partial charge >= 0.3 is 0 Å². The van der Waals surface area contributed by atoms with Crippen LogP contribution in [0.1, 0.15) is 18.9 Å². The van der Waals surface area contributed by atoms with E-state index in [0.29, 0.717) is 0 Å². The topological polar surface area (TPSA) is 41.8 Å². The second-order valence-electron chi connectivity index (χ2n) is 3.37. The molecule has 2 nitrogen and oxygen atoms in total. The van der Waals surface area contributed by atoms with Gasteiger partial charge in [0.15, 0.2) is 0 Å². The number of aromatic amines is 1. The number of hydrogen-bond acceptors (Lipinski definition) is 1. The van der Waals surface area contributed by atoms with Crippen molar-refractivity contribution in [1.82, 2.24) is 4.98 Å². The lowest BCUT2D eigenvalue weighted by Gasteiger charge is -1.96. The number of rotatable bonds is 2. The molecule has 0 bridgehead atoms. The van der Waals surface area contributed by atoms with Gasteiger partial charge in [-0.15, -0.1) is 0 Å². The van der Waals surface area contributed by atoms with E-state index in [1.165, 1.54) is 22.9 Å². The molecule has 0 radical (unpaired) electrons. The van der Waals surface area contributed by atoms with Crippen LogP contribution in [0.15, 0.2) is 24.4 Å². The molecule has 0 unspecified atom stereocenters. The van der Waals surface area contributed by atoms with Gasteiger partial charge in [-0.1, -0.05) is 13.3 Å². The Kier molecular flexibility index (Phi) is 1.97. The number of aryl methyl sites for hydroxylation is 1. The number of fused-ring (bicyclic) bond motifs is 1. The molecule has 2 aromatic rings. The van der Waals surface area contributed by atoms with Crippen molar-refractivity contribution in [1.29, 1.82) is 0 Å². The largest absolute Gasteiger partial charge is 0.399 e. The van der Waals surface area contributed by atoms with Crippen molar-refractivity contribution in [2.45, 2.75) is 19.8 Å². The molecule has 13 heavy (non-hydrogen) atoms. The second kappa shape index (κ2) is 3.13. The van der Waals surface area contributed by atoms with Crippen LogP contribution < -0.4 is 5.73 Å². The third-order valence-electron chi connectivity index (χ3n) is 2.31. The number of benzene rings is 1. The summed E-state index contributed by atoms with van der Waals surface area (Å²) in [4.78, 5) is 3.24. The van der Waals surface area contributed by atoms with Gasteiger partial charge in [0.1, 0.15) is 0 Å². The van der Waals surface area contributed by atoms with Gasteiger partial charge in [0.2, 0.25) is 0 Å². The summed E-state index contributed by atoms with van der Waals surface area (Å²) in [6.45, 7) is 2.19. The zero-order valence-electron chi connectivity index (χ0n) is 7.80. The third kappa shape index (κ3) is 1.39. The van der Waals surface area contributed by atoms with Gasteiger partial charge < -0.3 is 10.7 Å². The molecule has 0 fully saturated rings. The molecule has 0 spiro atoms. The average molecular weight is 174 g/mol. The highest BCUT2D eigenvalue weighted by Crippen LogP contribution is 2.21. The van der Waals surface area contributed by atoms with E-state index in [0.717, 1.165) is 12.1 Å². The fourth-order valence-electron chi connectivity index (χ4n) is 1.67. The molecule has 1 aromatic heterocycles. The van der Waals surface area contributed by atoms with Gasteiger partial charge in [-0.2, -0.15) is 0 Å². The molecule has 68 valence electrons. The van der Waals surface area contributed by atoms with Crippen molar-refractivity contribution in [3.8, 4) is 0 Å². The predicted octanol–water partition coefficient (Wildman–Crippen LogP) is 2.70. The van der Waals surface area contributed by atoms with Crippen molar-refractivity contribution in [3.63, 3.8) is 0 Å². The molecule has 1 heterocycles. The Morgan fingerprint density at radius 1 is 1.38 bits per heavy atom. The summed E-state index contributed by atoms with van der Waals surface area (Å²) < 4.78 is 0. The standard InChI is InChI=1S/C11H14N2/c1-2-3-8-7-13-11-5-4-9(12)6-10(8)11/h4-7,13H,2-3,12H2,1H3. The summed E-state index contributed by atoms with van der Waals surface area (Å²) in [5, 5.41) is 1.27. The monoisotopic (exact) mass is 174 g/mol. The van der Waals surface area contributed by atoms with Crippen molar-refractivity contribution in [2.75, 3.05) is 5.73 Å². The Bertz CT molecular complexity index is 415. The third-order valence-corrected chi connectivity index (χ3v) is 2.31. The van der Waals surface area contributed by atoms with Crippen molar-refractivity contribution in [3.05, 3.63) is 30.0 Å². The lowest BCUT2D eigenvalue weighted by atomic mass is 10.1.